The van der Waals surface area contributed by atoms with Gasteiger partial charge in [0.1, 0.15) is 24.9 Å². The fraction of sp³-hybridized carbons (Fsp3) is 0.515. The number of azo groups is 1. The van der Waals surface area contributed by atoms with Gasteiger partial charge in [-0.2, -0.15) is 8.61 Å². The first kappa shape index (κ1) is 133. The number of amides is 3. The third-order valence-electron chi connectivity index (χ3n) is 16.9. The Morgan fingerprint density at radius 1 is 0.517 bits per heavy atom. The van der Waals surface area contributed by atoms with Gasteiger partial charge in [0.2, 0.25) is 26.2 Å². The molecule has 3 N–H and O–H groups in total. The monoisotopic (exact) mass is 2170 g/mol. The number of carbonyl (C=O) groups excluding carboxylic acids is 5. The molecule has 0 spiro atoms. The number of nitro benzene ring substituents is 4. The van der Waals surface area contributed by atoms with Gasteiger partial charge in [0.15, 0.2) is 25.7 Å². The second-order valence-corrected chi connectivity index (χ2v) is 54.2. The van der Waals surface area contributed by atoms with Crippen molar-refractivity contribution < 1.29 is 116 Å². The Labute approximate surface area is 853 Å². The minimum atomic E-state index is -4.37. The highest BCUT2D eigenvalue weighted by Crippen LogP contribution is 2.39. The molecular weight excluding hydrogens is 2030 g/mol. The molecule has 5 aromatic carbocycles. The van der Waals surface area contributed by atoms with E-state index in [1.807, 2.05) is 62.3 Å². The van der Waals surface area contributed by atoms with E-state index in [0.717, 1.165) is 60.8 Å². The highest BCUT2D eigenvalue weighted by molar-refractivity contribution is 9.09. The molecule has 5 aromatic rings. The second kappa shape index (κ2) is 62.1. The van der Waals surface area contributed by atoms with Gasteiger partial charge in [0.25, 0.3) is 42.8 Å². The van der Waals surface area contributed by atoms with E-state index >= 15 is 0 Å². The van der Waals surface area contributed by atoms with Crippen LogP contribution in [0.2, 0.25) is 39.3 Å². The minimum Gasteiger partial charge on any atom is -0.464 e. The van der Waals surface area contributed by atoms with Crippen LogP contribution in [0.1, 0.15) is 206 Å². The Balaban J connectivity index is 0. The van der Waals surface area contributed by atoms with Crippen molar-refractivity contribution in [1.29, 1.82) is 0 Å². The number of aliphatic hydroxyl groups excluding tert-OH is 1. The highest BCUT2D eigenvalue weighted by Gasteiger charge is 2.42. The van der Waals surface area contributed by atoms with Gasteiger partial charge < -0.3 is 38.3 Å². The van der Waals surface area contributed by atoms with Crippen LogP contribution in [0.5, 0.6) is 0 Å². The van der Waals surface area contributed by atoms with E-state index in [2.05, 4.69) is 141 Å². The molecule has 6 rings (SSSR count). The smallest absolute Gasteiger partial charge is 0.453 e. The molecule has 0 fully saturated rings. The number of nitrogens with zero attached hydrogens (tertiary/aromatic N) is 8. The lowest BCUT2D eigenvalue weighted by molar-refractivity contribution is -0.388. The molecule has 0 saturated heterocycles. The summed E-state index contributed by atoms with van der Waals surface area (Å²) in [5.74, 6) is 29.0. The summed E-state index contributed by atoms with van der Waals surface area (Å²) < 4.78 is 143. The number of aliphatic hydroxyl groups is 1. The normalized spacial score (nSPS) is 12.3. The van der Waals surface area contributed by atoms with Crippen LogP contribution >= 0.6 is 15.9 Å². The number of rotatable bonds is 26. The predicted octanol–water partition coefficient (Wildman–Crippen LogP) is 17.8. The summed E-state index contributed by atoms with van der Waals surface area (Å²) in [6.07, 6.45) is -3.01. The van der Waals surface area contributed by atoms with Crippen LogP contribution in [-0.4, -0.2) is 199 Å². The first-order valence-electron chi connectivity index (χ1n) is 44.3. The number of nitro groups is 4. The second-order valence-electron chi connectivity index (χ2n) is 36.7. The summed E-state index contributed by atoms with van der Waals surface area (Å²) in [6.45, 7) is 56.4. The van der Waals surface area contributed by atoms with Crippen molar-refractivity contribution in [2.75, 3.05) is 51.3 Å². The van der Waals surface area contributed by atoms with Gasteiger partial charge in [-0.1, -0.05) is 137 Å². The van der Waals surface area contributed by atoms with Crippen LogP contribution in [0.3, 0.4) is 0 Å². The number of alkyl halides is 1. The molecule has 0 unspecified atom stereocenters. The third-order valence-corrected chi connectivity index (χ3v) is 26.9. The van der Waals surface area contributed by atoms with Gasteiger partial charge in [-0.3, -0.25) is 40.5 Å². The van der Waals surface area contributed by atoms with Crippen molar-refractivity contribution in [3.8, 4) is 70.7 Å². The Hall–Kier alpha value is -11.7. The summed E-state index contributed by atoms with van der Waals surface area (Å²) in [5.41, 5.74) is 2.53. The number of fused-ring (bicyclic) bond motifs is 1. The number of benzene rings is 5. The van der Waals surface area contributed by atoms with E-state index in [0.29, 0.717) is 32.3 Å². The lowest BCUT2D eigenvalue weighted by atomic mass is 9.86. The highest BCUT2D eigenvalue weighted by atomic mass is 79.9. The third kappa shape index (κ3) is 51.9. The Bertz CT molecular complexity index is 6090. The van der Waals surface area contributed by atoms with E-state index in [-0.39, 0.29) is 60.6 Å². The molecular formula is C97H137BrN10O29S4Si2. The molecule has 788 valence electrons. The van der Waals surface area contributed by atoms with E-state index in [9.17, 15) is 98.1 Å². The standard InChI is InChI=1S/C28H40N2O7SSi.C15H16N2O4S.C13H24O3Si.C11H14N2O6S.C11H12N2O4S.C10H18N2O4.C5H8O.C4H5Br/c1-10-36-27(31)25(37-28(4,5)6)24-18(2)20-15-16-29(17-21(20)19(3)26(24)39(7,8)9)38(34,35)23-14-12-11-13-22(23)30(32)33;1-3-5-9-13-16(12-6-4-2)22(20,21)15-11-8-7-10-14(15)17(18)19;1-8-15-12(14)11(16-13(2,3)4)9-10-17(5,6)7;1-11(2,3)19-10(14)12-20(17,18)9-7-5-4-6-8(9)13(15)16;1-2-3-6-9-12-18(16,17)11-8-5-4-7-10(11)13(14)15;1-9(2,3)15-7(13)11-12-8(14)16-10(4,5)6;1-2-3-4-5-6;1-2-3-4-5/h11-14,25H,10,15-17H2,1-9H3;7-8,10-11H,9,12-13H2,1-2H3;11H,8H2,1-7H3;4-7H,1-3H3,(H,12,14);4-5,7-8,12H,6,9H2,1H3;1-6H3;6H,4-5H2,1H3;4H2,1H3/t25-;;11-;;;;;/m0.0...../s1. The molecule has 39 nitrogen and oxygen atoms in total. The molecule has 3 amide bonds. The average Bonchev–Trinajstić information content (AvgIpc) is 0.728. The van der Waals surface area contributed by atoms with Gasteiger partial charge in [-0.15, -0.1) is 52.9 Å². The van der Waals surface area contributed by atoms with E-state index in [1.165, 1.54) is 83.2 Å². The van der Waals surface area contributed by atoms with Gasteiger partial charge in [-0.25, -0.2) is 67.1 Å². The molecule has 46 heteroatoms. The number of sulfonamides is 4. The molecule has 0 radical (unpaired) electrons. The van der Waals surface area contributed by atoms with Crippen molar-refractivity contribution in [2.45, 2.75) is 297 Å². The maximum absolute atomic E-state index is 13.6. The average molecular weight is 2170 g/mol. The zero-order valence-electron chi connectivity index (χ0n) is 87.1. The minimum absolute atomic E-state index is 0.0315. The van der Waals surface area contributed by atoms with Crippen LogP contribution in [0.4, 0.5) is 37.1 Å². The number of esters is 2. The molecule has 0 aliphatic carbocycles. The maximum Gasteiger partial charge on any atom is 0.453 e. The molecule has 1 aliphatic heterocycles. The maximum atomic E-state index is 13.6. The molecule has 1 heterocycles. The lowest BCUT2D eigenvalue weighted by Gasteiger charge is -2.37. The number of hydrogen-bond donors (Lipinski definition) is 3. The number of carbonyl (C=O) groups is 5. The van der Waals surface area contributed by atoms with Crippen molar-refractivity contribution in [3.05, 3.63) is 165 Å². The number of halogens is 1. The fourth-order valence-electron chi connectivity index (χ4n) is 11.7. The molecule has 2 atom stereocenters. The van der Waals surface area contributed by atoms with E-state index in [1.54, 1.807) is 109 Å². The van der Waals surface area contributed by atoms with Crippen LogP contribution in [0, 0.1) is 125 Å². The van der Waals surface area contributed by atoms with Crippen molar-refractivity contribution in [3.63, 3.8) is 0 Å². The summed E-state index contributed by atoms with van der Waals surface area (Å²) in [7, 11) is -20.0. The van der Waals surface area contributed by atoms with Crippen molar-refractivity contribution in [1.82, 2.24) is 18.1 Å². The molecule has 0 saturated carbocycles. The molecule has 0 bridgehead atoms. The number of hydrogen-bond acceptors (Lipinski definition) is 29. The Morgan fingerprint density at radius 2 is 0.909 bits per heavy atom. The van der Waals surface area contributed by atoms with Crippen molar-refractivity contribution in [2.24, 2.45) is 10.2 Å². The van der Waals surface area contributed by atoms with Crippen LogP contribution in [0.15, 0.2) is 127 Å². The summed E-state index contributed by atoms with van der Waals surface area (Å²) in [4.78, 5) is 98.1. The van der Waals surface area contributed by atoms with Crippen molar-refractivity contribution >= 4 is 130 Å². The molecule has 143 heavy (non-hydrogen) atoms. The lowest BCUT2D eigenvalue weighted by Crippen LogP contribution is -2.47. The molecule has 1 aliphatic rings. The zero-order valence-corrected chi connectivity index (χ0v) is 93.9. The van der Waals surface area contributed by atoms with Gasteiger partial charge in [0.05, 0.1) is 70.7 Å². The Kier molecular flexibility index (Phi) is 57.9. The summed E-state index contributed by atoms with van der Waals surface area (Å²) in [5, 5.41) is 60.2. The zero-order chi connectivity index (χ0) is 111. The predicted molar refractivity (Wildman–Crippen MR) is 555 cm³/mol. The number of para-hydroxylation sites is 4. The fourth-order valence-corrected chi connectivity index (χ4v) is 20.2. The largest absolute Gasteiger partial charge is 0.464 e. The Morgan fingerprint density at radius 3 is 1.29 bits per heavy atom. The quantitative estimate of drug-likeness (QED) is 0.00532. The van der Waals surface area contributed by atoms with E-state index < -0.39 is 174 Å². The topological polar surface area (TPSA) is 535 Å². The number of nitrogens with one attached hydrogen (secondary N) is 2. The van der Waals surface area contributed by atoms with E-state index in [4.69, 9.17) is 38.3 Å². The SMILES string of the molecule is CC#CCBr.CC#CCCN(CC#CC)S(=O)(=O)c1ccccc1[N+](=O)[O-].CC#CCCNS(=O)(=O)c1ccccc1[N+](=O)[O-].CC#CCCO.CC(C)(C)OC(=O)N=NC(=O)OC(C)(C)C.CC(C)(C)OC(=O)NS(=O)(=O)c1ccccc1[N+](=O)[O-].CCOC(=O)[C@@H](OC(C)(C)C)c1c(C)c2c(c(C)c1[Si](C)(C)C)CN(S(=O)(=O)c1ccccc1[N+](=O)[O-])CC2.CCOC(=O)[C@H](C#C[Si](C)(C)C)OC(C)(C)C. The van der Waals surface area contributed by atoms with Gasteiger partial charge in [-0.05, 0) is 225 Å². The number of ether oxygens (including phenoxy) is 7. The summed E-state index contributed by atoms with van der Waals surface area (Å²) in [6, 6.07) is 20.6. The first-order valence-corrected chi connectivity index (χ1v) is 58.3. The van der Waals surface area contributed by atoms with Crippen LogP contribution in [-0.2, 0) is 95.8 Å². The molecule has 0 aromatic heterocycles. The summed E-state index contributed by atoms with van der Waals surface area (Å²) >= 11 is 3.14. The van der Waals surface area contributed by atoms with Crippen LogP contribution in [0.25, 0.3) is 0 Å². The van der Waals surface area contributed by atoms with Crippen LogP contribution < -0.4 is 14.6 Å². The van der Waals surface area contributed by atoms with Gasteiger partial charge >= 0.3 is 30.2 Å². The first-order chi connectivity index (χ1) is 65.7. The van der Waals surface area contributed by atoms with Gasteiger partial charge in [0, 0.05) is 69.7 Å².